The minimum absolute atomic E-state index is 0.0246. The van der Waals surface area contributed by atoms with E-state index >= 15 is 0 Å². The van der Waals surface area contributed by atoms with Gasteiger partial charge in [0.1, 0.15) is 11.6 Å². The lowest BCUT2D eigenvalue weighted by Crippen LogP contribution is -2.74. The number of carbonyl (C=O) groups excluding carboxylic acids is 2. The van der Waals surface area contributed by atoms with Gasteiger partial charge in [0, 0.05) is 32.7 Å². The van der Waals surface area contributed by atoms with Crippen molar-refractivity contribution in [2.75, 3.05) is 53.0 Å². The summed E-state index contributed by atoms with van der Waals surface area (Å²) in [6, 6.07) is -0.230. The number of amides is 2. The van der Waals surface area contributed by atoms with E-state index in [2.05, 4.69) is 17.1 Å². The molecule has 4 fully saturated rings. The van der Waals surface area contributed by atoms with E-state index in [-0.39, 0.29) is 23.5 Å². The minimum atomic E-state index is -5.08. The molecule has 3 atom stereocenters. The van der Waals surface area contributed by atoms with E-state index in [4.69, 9.17) is 19.4 Å². The fourth-order valence-electron chi connectivity index (χ4n) is 4.24. The predicted molar refractivity (Wildman–Crippen MR) is 109 cm³/mol. The highest BCUT2D eigenvalue weighted by atomic mass is 19.4. The maximum absolute atomic E-state index is 12.6. The molecule has 2 aliphatic carbocycles. The number of hydrogen-bond donors (Lipinski definition) is 2. The number of nitrogens with one attached hydrogen (secondary N) is 1. The average Bonchev–Trinajstić information content (AvgIpc) is 3.64. The molecule has 12 heteroatoms. The summed E-state index contributed by atoms with van der Waals surface area (Å²) in [6.45, 7) is 6.64. The summed E-state index contributed by atoms with van der Waals surface area (Å²) in [5.41, 5.74) is -0.272. The SMILES string of the molecule is COCCNC(=O)C1COC2(CN(C(=O)C3CC3C)C2)CN1CC1CC1.O=C(O)C(F)(F)F. The van der Waals surface area contributed by atoms with Gasteiger partial charge in [-0.15, -0.1) is 0 Å². The van der Waals surface area contributed by atoms with E-state index in [1.54, 1.807) is 7.11 Å². The fraction of sp³-hybridized carbons (Fsp3) is 0.857. The number of methoxy groups -OCH3 is 1. The molecule has 0 bridgehead atoms. The van der Waals surface area contributed by atoms with Crippen molar-refractivity contribution in [1.82, 2.24) is 15.1 Å². The zero-order valence-corrected chi connectivity index (χ0v) is 18.9. The molecule has 1 spiro atoms. The summed E-state index contributed by atoms with van der Waals surface area (Å²) in [7, 11) is 1.63. The van der Waals surface area contributed by atoms with E-state index in [0.717, 1.165) is 19.5 Å². The molecule has 188 valence electrons. The molecule has 2 aliphatic heterocycles. The Kier molecular flexibility index (Phi) is 7.90. The molecule has 33 heavy (non-hydrogen) atoms. The van der Waals surface area contributed by atoms with E-state index < -0.39 is 12.1 Å². The van der Waals surface area contributed by atoms with Gasteiger partial charge in [-0.1, -0.05) is 6.92 Å². The molecule has 2 saturated carbocycles. The smallest absolute Gasteiger partial charge is 0.475 e. The van der Waals surface area contributed by atoms with Crippen LogP contribution in [0.2, 0.25) is 0 Å². The quantitative estimate of drug-likeness (QED) is 0.519. The lowest BCUT2D eigenvalue weighted by atomic mass is 9.89. The van der Waals surface area contributed by atoms with Gasteiger partial charge >= 0.3 is 12.1 Å². The normalized spacial score (nSPS) is 28.4. The lowest BCUT2D eigenvalue weighted by Gasteiger charge is -2.55. The first-order chi connectivity index (χ1) is 15.5. The van der Waals surface area contributed by atoms with Crippen LogP contribution in [0.4, 0.5) is 13.2 Å². The molecule has 2 N–H and O–H groups in total. The van der Waals surface area contributed by atoms with Crippen molar-refractivity contribution < 1.29 is 42.1 Å². The molecule has 0 aromatic carbocycles. The number of halogens is 3. The number of morpholine rings is 1. The molecule has 4 rings (SSSR count). The monoisotopic (exact) mass is 479 g/mol. The van der Waals surface area contributed by atoms with Crippen LogP contribution < -0.4 is 5.32 Å². The summed E-state index contributed by atoms with van der Waals surface area (Å²) in [4.78, 5) is 38.1. The third kappa shape index (κ3) is 6.80. The molecule has 0 aromatic rings. The van der Waals surface area contributed by atoms with Gasteiger partial charge in [-0.25, -0.2) is 4.79 Å². The Labute approximate surface area is 190 Å². The number of rotatable bonds is 7. The molecule has 9 nitrogen and oxygen atoms in total. The first-order valence-corrected chi connectivity index (χ1v) is 11.2. The number of likely N-dealkylation sites (tertiary alicyclic amines) is 1. The Morgan fingerprint density at radius 2 is 1.82 bits per heavy atom. The number of carboxylic acids is 1. The molecule has 2 amide bonds. The second-order valence-corrected chi connectivity index (χ2v) is 9.48. The number of aliphatic carboxylic acids is 1. The highest BCUT2D eigenvalue weighted by Gasteiger charge is 2.55. The van der Waals surface area contributed by atoms with E-state index in [9.17, 15) is 22.8 Å². The van der Waals surface area contributed by atoms with E-state index in [1.165, 1.54) is 12.8 Å². The Balaban J connectivity index is 0.000000383. The van der Waals surface area contributed by atoms with Crippen LogP contribution in [0.3, 0.4) is 0 Å². The van der Waals surface area contributed by atoms with Gasteiger partial charge in [0.15, 0.2) is 0 Å². The molecular formula is C21H32F3N3O6. The van der Waals surface area contributed by atoms with Gasteiger partial charge in [-0.05, 0) is 31.1 Å². The number of carboxylic acid groups (broad SMARTS) is 1. The second-order valence-electron chi connectivity index (χ2n) is 9.48. The van der Waals surface area contributed by atoms with Crippen LogP contribution in [0.5, 0.6) is 0 Å². The highest BCUT2D eigenvalue weighted by Crippen LogP contribution is 2.42. The largest absolute Gasteiger partial charge is 0.490 e. The lowest BCUT2D eigenvalue weighted by molar-refractivity contribution is -0.205. The molecule has 4 aliphatic rings. The fourth-order valence-corrected chi connectivity index (χ4v) is 4.24. The molecular weight excluding hydrogens is 447 g/mol. The number of carbonyl (C=O) groups is 3. The number of ether oxygens (including phenoxy) is 2. The molecule has 3 unspecified atom stereocenters. The van der Waals surface area contributed by atoms with Gasteiger partial charge in [-0.3, -0.25) is 14.5 Å². The van der Waals surface area contributed by atoms with E-state index in [0.29, 0.717) is 50.6 Å². The Morgan fingerprint density at radius 1 is 1.21 bits per heavy atom. The maximum atomic E-state index is 12.6. The molecule has 0 radical (unpaired) electrons. The maximum Gasteiger partial charge on any atom is 0.490 e. The number of hydrogen-bond acceptors (Lipinski definition) is 6. The molecule has 0 aromatic heterocycles. The van der Waals surface area contributed by atoms with Crippen molar-refractivity contribution in [1.29, 1.82) is 0 Å². The van der Waals surface area contributed by atoms with E-state index in [1.807, 2.05) is 4.90 Å². The Hall–Kier alpha value is -1.92. The third-order valence-electron chi connectivity index (χ3n) is 6.52. The zero-order valence-electron chi connectivity index (χ0n) is 18.9. The van der Waals surface area contributed by atoms with Crippen molar-refractivity contribution in [2.45, 2.75) is 44.0 Å². The Morgan fingerprint density at radius 3 is 2.30 bits per heavy atom. The topological polar surface area (TPSA) is 108 Å². The van der Waals surface area contributed by atoms with Crippen LogP contribution in [-0.4, -0.2) is 104 Å². The molecule has 2 heterocycles. The number of nitrogens with zero attached hydrogens (tertiary/aromatic N) is 2. The van der Waals surface area contributed by atoms with Crippen molar-refractivity contribution >= 4 is 17.8 Å². The van der Waals surface area contributed by atoms with Crippen LogP contribution in [0.1, 0.15) is 26.2 Å². The first kappa shape index (κ1) is 25.7. The van der Waals surface area contributed by atoms with Gasteiger partial charge in [0.05, 0.1) is 26.3 Å². The van der Waals surface area contributed by atoms with Crippen LogP contribution in [0, 0.1) is 17.8 Å². The summed E-state index contributed by atoms with van der Waals surface area (Å²) in [5.74, 6) is -0.954. The van der Waals surface area contributed by atoms with Crippen LogP contribution in [0.25, 0.3) is 0 Å². The predicted octanol–water partition coefficient (Wildman–Crippen LogP) is 0.730. The van der Waals surface area contributed by atoms with Gasteiger partial charge < -0.3 is 24.8 Å². The van der Waals surface area contributed by atoms with Crippen molar-refractivity contribution in [3.63, 3.8) is 0 Å². The summed E-state index contributed by atoms with van der Waals surface area (Å²) in [6.07, 6.45) is -1.54. The summed E-state index contributed by atoms with van der Waals surface area (Å²) < 4.78 is 42.9. The third-order valence-corrected chi connectivity index (χ3v) is 6.52. The van der Waals surface area contributed by atoms with Gasteiger partial charge in [-0.2, -0.15) is 13.2 Å². The summed E-state index contributed by atoms with van der Waals surface area (Å²) in [5, 5.41) is 10.1. The average molecular weight is 479 g/mol. The Bertz CT molecular complexity index is 739. The highest BCUT2D eigenvalue weighted by molar-refractivity contribution is 5.83. The molecule has 2 saturated heterocycles. The van der Waals surface area contributed by atoms with Crippen LogP contribution in [0.15, 0.2) is 0 Å². The number of alkyl halides is 3. The van der Waals surface area contributed by atoms with Crippen LogP contribution in [-0.2, 0) is 23.9 Å². The zero-order chi connectivity index (χ0) is 24.4. The van der Waals surface area contributed by atoms with Gasteiger partial charge in [0.2, 0.25) is 11.8 Å². The van der Waals surface area contributed by atoms with Crippen molar-refractivity contribution in [2.24, 2.45) is 17.8 Å². The van der Waals surface area contributed by atoms with Crippen molar-refractivity contribution in [3.05, 3.63) is 0 Å². The minimum Gasteiger partial charge on any atom is -0.475 e. The second kappa shape index (κ2) is 10.1. The van der Waals surface area contributed by atoms with Crippen molar-refractivity contribution in [3.8, 4) is 0 Å². The first-order valence-electron chi connectivity index (χ1n) is 11.2. The standard InChI is InChI=1S/C19H31N3O4.C2HF3O2/c1-13-7-15(13)18(24)22-11-19(12-22)10-21(8-14-3-4-14)16(9-26-19)17(23)20-5-6-25-2;3-2(4,5)1(6)7/h13-16H,3-12H2,1-2H3,(H,20,23);(H,6,7). The van der Waals surface area contributed by atoms with Crippen LogP contribution >= 0.6 is 0 Å². The van der Waals surface area contributed by atoms with Gasteiger partial charge in [0.25, 0.3) is 0 Å². The summed E-state index contributed by atoms with van der Waals surface area (Å²) >= 11 is 0.